The summed E-state index contributed by atoms with van der Waals surface area (Å²) >= 11 is 0. The summed E-state index contributed by atoms with van der Waals surface area (Å²) in [6.07, 6.45) is 0.839. The molecule has 5 nitrogen and oxygen atoms in total. The molecule has 0 fully saturated rings. The lowest BCUT2D eigenvalue weighted by molar-refractivity contribution is -0.140. The number of para-hydroxylation sites is 1. The summed E-state index contributed by atoms with van der Waals surface area (Å²) in [5.74, 6) is -0.967. The molecule has 2 atom stereocenters. The van der Waals surface area contributed by atoms with Gasteiger partial charge in [0.2, 0.25) is 0 Å². The van der Waals surface area contributed by atoms with Crippen LogP contribution in [0.4, 0.5) is 4.39 Å². The number of hydrogen-bond donors (Lipinski definition) is 1. The summed E-state index contributed by atoms with van der Waals surface area (Å²) in [6.45, 7) is 1.96. The van der Waals surface area contributed by atoms with Crippen LogP contribution in [0.1, 0.15) is 48.3 Å². The first-order valence-corrected chi connectivity index (χ1v) is 12.3. The fraction of sp³-hybridized carbons (Fsp3) is 0.226. The van der Waals surface area contributed by atoms with E-state index in [9.17, 15) is 14.0 Å². The highest BCUT2D eigenvalue weighted by Gasteiger charge is 2.42. The number of ether oxygens (including phenoxy) is 2. The van der Waals surface area contributed by atoms with Crippen molar-refractivity contribution in [3.63, 3.8) is 0 Å². The van der Waals surface area contributed by atoms with Crippen molar-refractivity contribution in [1.29, 1.82) is 0 Å². The first-order valence-electron chi connectivity index (χ1n) is 12.3. The monoisotopic (exact) mass is 497 g/mol. The van der Waals surface area contributed by atoms with E-state index in [0.29, 0.717) is 29.0 Å². The van der Waals surface area contributed by atoms with Gasteiger partial charge in [-0.3, -0.25) is 4.79 Å². The maximum absolute atomic E-state index is 13.7. The number of methoxy groups -OCH3 is 1. The molecule has 5 rings (SSSR count). The van der Waals surface area contributed by atoms with Crippen molar-refractivity contribution in [2.45, 2.75) is 38.2 Å². The number of nitrogens with one attached hydrogen (secondary N) is 1. The van der Waals surface area contributed by atoms with Gasteiger partial charge in [-0.15, -0.1) is 0 Å². The van der Waals surface area contributed by atoms with Crippen molar-refractivity contribution in [2.75, 3.05) is 7.11 Å². The van der Waals surface area contributed by atoms with E-state index in [1.54, 1.807) is 19.2 Å². The number of ketones is 1. The van der Waals surface area contributed by atoms with E-state index in [1.807, 2.05) is 61.5 Å². The van der Waals surface area contributed by atoms with Gasteiger partial charge >= 0.3 is 5.97 Å². The van der Waals surface area contributed by atoms with Gasteiger partial charge in [-0.05, 0) is 48.6 Å². The highest BCUT2D eigenvalue weighted by Crippen LogP contribution is 2.47. The molecule has 0 spiro atoms. The van der Waals surface area contributed by atoms with Crippen LogP contribution in [0, 0.1) is 5.82 Å². The Morgan fingerprint density at radius 3 is 2.41 bits per heavy atom. The normalized spacial score (nSPS) is 19.3. The highest BCUT2D eigenvalue weighted by molar-refractivity contribution is 6.04. The third kappa shape index (κ3) is 4.92. The SMILES string of the molecule is COc1ccccc1[C@H]1C(C(=O)OCc2ccccc2)=C(C)NC2=C1C(=O)C[C@H](c1ccc(F)cc1)C2. The number of halogens is 1. The van der Waals surface area contributed by atoms with Crippen molar-refractivity contribution < 1.29 is 23.5 Å². The molecule has 188 valence electrons. The van der Waals surface area contributed by atoms with Gasteiger partial charge in [0.1, 0.15) is 18.2 Å². The average Bonchev–Trinajstić information content (AvgIpc) is 2.91. The number of dihydropyridines is 1. The Kier molecular flexibility index (Phi) is 6.91. The summed E-state index contributed by atoms with van der Waals surface area (Å²) < 4.78 is 24.9. The second-order valence-electron chi connectivity index (χ2n) is 9.37. The molecule has 0 radical (unpaired) electrons. The van der Waals surface area contributed by atoms with Crippen LogP contribution in [0.2, 0.25) is 0 Å². The molecule has 0 aromatic heterocycles. The number of carbonyl (C=O) groups is 2. The fourth-order valence-corrected chi connectivity index (χ4v) is 5.30. The van der Waals surface area contributed by atoms with Crippen LogP contribution >= 0.6 is 0 Å². The molecule has 0 unspecified atom stereocenters. The Labute approximate surface area is 215 Å². The zero-order chi connectivity index (χ0) is 25.9. The summed E-state index contributed by atoms with van der Waals surface area (Å²) in [6, 6.07) is 23.2. The molecular formula is C31H28FNO4. The molecule has 6 heteroatoms. The van der Waals surface area contributed by atoms with Gasteiger partial charge < -0.3 is 14.8 Å². The predicted octanol–water partition coefficient (Wildman–Crippen LogP) is 5.94. The third-order valence-corrected chi connectivity index (χ3v) is 7.05. The lowest BCUT2D eigenvalue weighted by atomic mass is 9.71. The maximum atomic E-state index is 13.7. The van der Waals surface area contributed by atoms with Crippen molar-refractivity contribution in [3.05, 3.63) is 124 Å². The zero-order valence-corrected chi connectivity index (χ0v) is 20.8. The van der Waals surface area contributed by atoms with Crippen molar-refractivity contribution >= 4 is 11.8 Å². The van der Waals surface area contributed by atoms with E-state index in [-0.39, 0.29) is 30.5 Å². The smallest absolute Gasteiger partial charge is 0.337 e. The topological polar surface area (TPSA) is 64.6 Å². The number of Topliss-reactive ketones (excluding diaryl/α,β-unsaturated/α-hetero) is 1. The number of allylic oxidation sites excluding steroid dienone is 3. The number of benzene rings is 3. The summed E-state index contributed by atoms with van der Waals surface area (Å²) in [4.78, 5) is 27.3. The largest absolute Gasteiger partial charge is 0.496 e. The van der Waals surface area contributed by atoms with Gasteiger partial charge in [0.15, 0.2) is 5.78 Å². The summed E-state index contributed by atoms with van der Waals surface area (Å²) in [5, 5.41) is 3.35. The van der Waals surface area contributed by atoms with Crippen LogP contribution in [0.15, 0.2) is 101 Å². The van der Waals surface area contributed by atoms with E-state index in [0.717, 1.165) is 22.4 Å². The van der Waals surface area contributed by atoms with E-state index in [1.165, 1.54) is 12.1 Å². The van der Waals surface area contributed by atoms with E-state index in [2.05, 4.69) is 5.32 Å². The van der Waals surface area contributed by atoms with Crippen molar-refractivity contribution in [1.82, 2.24) is 5.32 Å². The standard InChI is InChI=1S/C31H28FNO4/c1-19-28(31(35)37-18-20-8-4-3-5-9-20)29(24-10-6-7-11-27(24)36-2)30-25(33-19)16-22(17-26(30)34)21-12-14-23(32)15-13-21/h3-15,22,29,33H,16-18H2,1-2H3/t22-,29+/m1/s1. The van der Waals surface area contributed by atoms with E-state index >= 15 is 0 Å². The zero-order valence-electron chi connectivity index (χ0n) is 20.8. The maximum Gasteiger partial charge on any atom is 0.337 e. The Morgan fingerprint density at radius 1 is 0.973 bits per heavy atom. The molecule has 1 heterocycles. The summed E-state index contributed by atoms with van der Waals surface area (Å²) in [7, 11) is 1.58. The quantitative estimate of drug-likeness (QED) is 0.427. The number of hydrogen-bond acceptors (Lipinski definition) is 5. The number of rotatable bonds is 6. The molecule has 2 aliphatic rings. The lowest BCUT2D eigenvalue weighted by Gasteiger charge is -2.37. The molecule has 0 saturated carbocycles. The average molecular weight is 498 g/mol. The number of esters is 1. The fourth-order valence-electron chi connectivity index (χ4n) is 5.30. The van der Waals surface area contributed by atoms with Crippen LogP contribution < -0.4 is 10.1 Å². The lowest BCUT2D eigenvalue weighted by Crippen LogP contribution is -2.36. The molecule has 1 aliphatic carbocycles. The summed E-state index contributed by atoms with van der Waals surface area (Å²) in [5.41, 5.74) is 4.89. The third-order valence-electron chi connectivity index (χ3n) is 7.05. The van der Waals surface area contributed by atoms with Gasteiger partial charge in [-0.25, -0.2) is 9.18 Å². The highest BCUT2D eigenvalue weighted by atomic mass is 19.1. The van der Waals surface area contributed by atoms with Gasteiger partial charge in [0.05, 0.1) is 18.6 Å². The van der Waals surface area contributed by atoms with E-state index in [4.69, 9.17) is 9.47 Å². The Balaban J connectivity index is 1.54. The first-order chi connectivity index (χ1) is 18.0. The van der Waals surface area contributed by atoms with Gasteiger partial charge in [-0.2, -0.15) is 0 Å². The molecule has 1 aliphatic heterocycles. The van der Waals surface area contributed by atoms with Gasteiger partial charge in [0.25, 0.3) is 0 Å². The van der Waals surface area contributed by atoms with Crippen LogP contribution in [0.5, 0.6) is 5.75 Å². The van der Waals surface area contributed by atoms with Crippen LogP contribution in [0.25, 0.3) is 0 Å². The molecule has 3 aromatic rings. The van der Waals surface area contributed by atoms with Crippen molar-refractivity contribution in [2.24, 2.45) is 0 Å². The predicted molar refractivity (Wildman–Crippen MR) is 138 cm³/mol. The van der Waals surface area contributed by atoms with Crippen LogP contribution in [-0.2, 0) is 20.9 Å². The van der Waals surface area contributed by atoms with Crippen LogP contribution in [-0.4, -0.2) is 18.9 Å². The molecular weight excluding hydrogens is 469 g/mol. The minimum atomic E-state index is -0.627. The minimum Gasteiger partial charge on any atom is -0.496 e. The number of carbonyl (C=O) groups excluding carboxylic acids is 2. The Hall–Kier alpha value is -4.19. The van der Waals surface area contributed by atoms with Gasteiger partial charge in [0, 0.05) is 29.0 Å². The van der Waals surface area contributed by atoms with Crippen LogP contribution in [0.3, 0.4) is 0 Å². The molecule has 0 amide bonds. The minimum absolute atomic E-state index is 0.0557. The molecule has 37 heavy (non-hydrogen) atoms. The second-order valence-corrected chi connectivity index (χ2v) is 9.37. The molecule has 0 saturated heterocycles. The molecule has 1 N–H and O–H groups in total. The second kappa shape index (κ2) is 10.4. The Bertz CT molecular complexity index is 1390. The van der Waals surface area contributed by atoms with Crippen molar-refractivity contribution in [3.8, 4) is 5.75 Å². The van der Waals surface area contributed by atoms with E-state index < -0.39 is 11.9 Å². The first kappa shape index (κ1) is 24.5. The van der Waals surface area contributed by atoms with Gasteiger partial charge in [-0.1, -0.05) is 60.7 Å². The molecule has 0 bridgehead atoms. The Morgan fingerprint density at radius 2 is 1.68 bits per heavy atom. The molecule has 3 aromatic carbocycles.